The van der Waals surface area contributed by atoms with Gasteiger partial charge in [0.05, 0.1) is 22.1 Å². The van der Waals surface area contributed by atoms with E-state index in [4.69, 9.17) is 0 Å². The number of anilines is 2. The molecule has 0 unspecified atom stereocenters. The third kappa shape index (κ3) is 3.48. The van der Waals surface area contributed by atoms with E-state index in [-0.39, 0.29) is 5.91 Å². The van der Waals surface area contributed by atoms with Crippen LogP contribution in [0.15, 0.2) is 35.2 Å². The minimum atomic E-state index is -0.256. The lowest BCUT2D eigenvalue weighted by atomic mass is 10.0. The fourth-order valence-electron chi connectivity index (χ4n) is 3.14. The molecule has 0 atom stereocenters. The summed E-state index contributed by atoms with van der Waals surface area (Å²) in [5.41, 5.74) is 2.70. The van der Waals surface area contributed by atoms with Crippen LogP contribution in [0.25, 0.3) is 0 Å². The van der Waals surface area contributed by atoms with Gasteiger partial charge >= 0.3 is 0 Å². The molecule has 0 radical (unpaired) electrons. The number of thiophene rings is 1. The molecule has 1 N–H and O–H groups in total. The van der Waals surface area contributed by atoms with E-state index < -0.39 is 0 Å². The zero-order valence-corrected chi connectivity index (χ0v) is 17.3. The summed E-state index contributed by atoms with van der Waals surface area (Å²) in [6, 6.07) is 5.71. The van der Waals surface area contributed by atoms with E-state index in [1.807, 2.05) is 0 Å². The fourth-order valence-corrected chi connectivity index (χ4v) is 4.56. The summed E-state index contributed by atoms with van der Waals surface area (Å²) in [4.78, 5) is 28.6. The van der Waals surface area contributed by atoms with Crippen LogP contribution in [0.5, 0.6) is 0 Å². The predicted octanol–water partition coefficient (Wildman–Crippen LogP) is 3.69. The summed E-state index contributed by atoms with van der Waals surface area (Å²) in [6.07, 6.45) is 5.79. The molecule has 0 saturated heterocycles. The van der Waals surface area contributed by atoms with Crippen molar-refractivity contribution in [1.82, 2.24) is 15.0 Å². The molecule has 0 bridgehead atoms. The van der Waals surface area contributed by atoms with Crippen LogP contribution in [0.1, 0.15) is 32.1 Å². The van der Waals surface area contributed by atoms with Crippen molar-refractivity contribution in [2.24, 2.45) is 0 Å². The highest BCUT2D eigenvalue weighted by Crippen LogP contribution is 2.37. The highest BCUT2D eigenvalue weighted by atomic mass is 79.9. The Bertz CT molecular complexity index is 1090. The average molecular weight is 455 g/mol. The maximum Gasteiger partial charge on any atom is 0.258 e. The average Bonchev–Trinajstić information content (AvgIpc) is 3.04. The van der Waals surface area contributed by atoms with Gasteiger partial charge in [-0.3, -0.25) is 9.78 Å². The molecular formula is C19H15BrN6OS. The predicted molar refractivity (Wildman–Crippen MR) is 110 cm³/mol. The van der Waals surface area contributed by atoms with Crippen LogP contribution in [-0.4, -0.2) is 27.4 Å². The molecule has 0 saturated carbocycles. The van der Waals surface area contributed by atoms with Crippen molar-refractivity contribution in [3.63, 3.8) is 0 Å². The number of rotatable bonds is 3. The topological polar surface area (TPSA) is 94.8 Å². The molecule has 0 aromatic carbocycles. The van der Waals surface area contributed by atoms with Gasteiger partial charge in [0, 0.05) is 35.7 Å². The van der Waals surface area contributed by atoms with Crippen LogP contribution >= 0.6 is 27.3 Å². The van der Waals surface area contributed by atoms with Crippen molar-refractivity contribution >= 4 is 44.1 Å². The minimum absolute atomic E-state index is 0.256. The molecule has 1 aliphatic heterocycles. The Balaban J connectivity index is 1.60. The lowest BCUT2D eigenvalue weighted by molar-refractivity contribution is 0.102. The van der Waals surface area contributed by atoms with E-state index in [0.29, 0.717) is 40.7 Å². The smallest absolute Gasteiger partial charge is 0.258 e. The lowest BCUT2D eigenvalue weighted by Gasteiger charge is -2.26. The Morgan fingerprint density at radius 1 is 1.36 bits per heavy atom. The van der Waals surface area contributed by atoms with Crippen molar-refractivity contribution < 1.29 is 4.79 Å². The number of nitrogens with one attached hydrogen (secondary N) is 1. The van der Waals surface area contributed by atoms with Crippen LogP contribution in [0.3, 0.4) is 0 Å². The molecule has 1 amide bonds. The number of amides is 1. The second-order valence-corrected chi connectivity index (χ2v) is 8.30. The lowest BCUT2D eigenvalue weighted by Crippen LogP contribution is -2.31. The number of carbonyl (C=O) groups excluding carboxylic acids is 1. The molecule has 4 heterocycles. The number of hydrogen-bond acceptors (Lipinski definition) is 7. The molecule has 1 aliphatic rings. The van der Waals surface area contributed by atoms with Crippen molar-refractivity contribution in [3.8, 4) is 6.07 Å². The number of fused-ring (bicyclic) bond motifs is 1. The number of halogens is 1. The van der Waals surface area contributed by atoms with E-state index in [1.54, 1.807) is 37.6 Å². The first-order valence-electron chi connectivity index (χ1n) is 8.57. The fraction of sp³-hybridized carbons (Fsp3) is 0.211. The van der Waals surface area contributed by atoms with Crippen LogP contribution in [0, 0.1) is 18.3 Å². The second-order valence-electron chi connectivity index (χ2n) is 6.28. The maximum atomic E-state index is 12.6. The molecule has 9 heteroatoms. The molecule has 0 fully saturated rings. The van der Waals surface area contributed by atoms with Gasteiger partial charge in [0.15, 0.2) is 0 Å². The van der Waals surface area contributed by atoms with E-state index in [0.717, 1.165) is 21.5 Å². The molecule has 3 aromatic rings. The Morgan fingerprint density at radius 3 is 2.86 bits per heavy atom. The third-order valence-electron chi connectivity index (χ3n) is 4.54. The van der Waals surface area contributed by atoms with Crippen molar-refractivity contribution in [2.45, 2.75) is 19.9 Å². The molecule has 7 nitrogen and oxygen atoms in total. The maximum absolute atomic E-state index is 12.6. The molecule has 0 aliphatic carbocycles. The second kappa shape index (κ2) is 7.66. The SMILES string of the molecule is Cc1ncccc1C(=O)Nc1sc2c(c1C#N)CCN(c1ncc(Br)cn1)C2. The van der Waals surface area contributed by atoms with Gasteiger partial charge in [-0.05, 0) is 47.0 Å². The summed E-state index contributed by atoms with van der Waals surface area (Å²) in [6.45, 7) is 3.11. The Labute approximate surface area is 174 Å². The molecular weight excluding hydrogens is 440 g/mol. The van der Waals surface area contributed by atoms with Gasteiger partial charge in [-0.25, -0.2) is 9.97 Å². The molecule has 3 aromatic heterocycles. The quantitative estimate of drug-likeness (QED) is 0.648. The molecule has 140 valence electrons. The van der Waals surface area contributed by atoms with Crippen molar-refractivity contribution in [3.05, 3.63) is 62.5 Å². The van der Waals surface area contributed by atoms with Gasteiger partial charge in [0.1, 0.15) is 11.1 Å². The van der Waals surface area contributed by atoms with E-state index >= 15 is 0 Å². The first-order chi connectivity index (χ1) is 13.6. The van der Waals surface area contributed by atoms with Gasteiger partial charge < -0.3 is 10.2 Å². The van der Waals surface area contributed by atoms with Gasteiger partial charge in [0.2, 0.25) is 5.95 Å². The number of nitriles is 1. The summed E-state index contributed by atoms with van der Waals surface area (Å²) in [5.74, 6) is 0.395. The Kier molecular flexibility index (Phi) is 5.07. The Morgan fingerprint density at radius 2 is 2.14 bits per heavy atom. The summed E-state index contributed by atoms with van der Waals surface area (Å²) in [5, 5.41) is 13.1. The third-order valence-corrected chi connectivity index (χ3v) is 6.08. The van der Waals surface area contributed by atoms with Gasteiger partial charge in [-0.2, -0.15) is 5.26 Å². The zero-order chi connectivity index (χ0) is 19.7. The zero-order valence-electron chi connectivity index (χ0n) is 14.9. The molecule has 0 spiro atoms. The minimum Gasteiger partial charge on any atom is -0.335 e. The highest BCUT2D eigenvalue weighted by molar-refractivity contribution is 9.10. The largest absolute Gasteiger partial charge is 0.335 e. The first kappa shape index (κ1) is 18.5. The van der Waals surface area contributed by atoms with E-state index in [1.165, 1.54) is 11.3 Å². The number of hydrogen-bond donors (Lipinski definition) is 1. The van der Waals surface area contributed by atoms with Gasteiger partial charge in [-0.15, -0.1) is 11.3 Å². The summed E-state index contributed by atoms with van der Waals surface area (Å²) < 4.78 is 0.826. The summed E-state index contributed by atoms with van der Waals surface area (Å²) >= 11 is 4.78. The monoisotopic (exact) mass is 454 g/mol. The number of pyridine rings is 1. The van der Waals surface area contributed by atoms with E-state index in [9.17, 15) is 10.1 Å². The normalized spacial score (nSPS) is 13.0. The summed E-state index contributed by atoms with van der Waals surface area (Å²) in [7, 11) is 0. The Hall–Kier alpha value is -2.83. The van der Waals surface area contributed by atoms with Crippen LogP contribution in [0.4, 0.5) is 10.9 Å². The van der Waals surface area contributed by atoms with Crippen LogP contribution in [-0.2, 0) is 13.0 Å². The van der Waals surface area contributed by atoms with Crippen molar-refractivity contribution in [1.29, 1.82) is 5.26 Å². The van der Waals surface area contributed by atoms with E-state index in [2.05, 4.69) is 47.2 Å². The molecule has 28 heavy (non-hydrogen) atoms. The number of carbonyl (C=O) groups is 1. The van der Waals surface area contributed by atoms with Gasteiger partial charge in [-0.1, -0.05) is 0 Å². The van der Waals surface area contributed by atoms with Crippen LogP contribution in [0.2, 0.25) is 0 Å². The first-order valence-corrected chi connectivity index (χ1v) is 10.2. The molecule has 4 rings (SSSR count). The highest BCUT2D eigenvalue weighted by Gasteiger charge is 2.26. The number of aryl methyl sites for hydroxylation is 1. The standard InChI is InChI=1S/C19H15BrN6OS/c1-11-13(3-2-5-22-11)17(27)25-18-15(7-21)14-4-6-26(10-16(14)28-18)19-23-8-12(20)9-24-19/h2-3,5,8-9H,4,6,10H2,1H3,(H,25,27). The number of aromatic nitrogens is 3. The van der Waals surface area contributed by atoms with Crippen molar-refractivity contribution in [2.75, 3.05) is 16.8 Å². The van der Waals surface area contributed by atoms with Gasteiger partial charge in [0.25, 0.3) is 5.91 Å². The van der Waals surface area contributed by atoms with Crippen LogP contribution < -0.4 is 10.2 Å². The number of nitrogens with zero attached hydrogens (tertiary/aromatic N) is 5.